The van der Waals surface area contributed by atoms with Crippen LogP contribution in [0.4, 0.5) is 0 Å². The van der Waals surface area contributed by atoms with E-state index in [0.717, 1.165) is 14.7 Å². The zero-order valence-electron chi connectivity index (χ0n) is 11.9. The van der Waals surface area contributed by atoms with Crippen molar-refractivity contribution in [3.8, 4) is 17.2 Å². The van der Waals surface area contributed by atoms with Crippen LogP contribution in [0.1, 0.15) is 18.1 Å². The van der Waals surface area contributed by atoms with Crippen molar-refractivity contribution in [2.75, 3.05) is 6.61 Å². The molecule has 0 bridgehead atoms. The van der Waals surface area contributed by atoms with Crippen LogP contribution in [0.3, 0.4) is 0 Å². The summed E-state index contributed by atoms with van der Waals surface area (Å²) in [5, 5.41) is 26.9. The zero-order chi connectivity index (χ0) is 15.9. The average molecular weight is 410 g/mol. The summed E-state index contributed by atoms with van der Waals surface area (Å²) in [5.74, 6) is 0.738. The van der Waals surface area contributed by atoms with Crippen molar-refractivity contribution in [3.63, 3.8) is 0 Å². The number of phenols is 2. The summed E-state index contributed by atoms with van der Waals surface area (Å²) in [5.41, 5.74) is 1.65. The van der Waals surface area contributed by atoms with Gasteiger partial charge in [0.05, 0.1) is 19.0 Å². The van der Waals surface area contributed by atoms with E-state index in [9.17, 15) is 10.2 Å². The molecule has 5 nitrogen and oxygen atoms in total. The maximum Gasteiger partial charge on any atom is 0.161 e. The molecular formula is C16H15IN2O3. The molecule has 2 N–H and O–H groups in total. The highest BCUT2D eigenvalue weighted by Gasteiger charge is 2.01. The van der Waals surface area contributed by atoms with E-state index in [1.165, 1.54) is 0 Å². The molecule has 0 unspecified atom stereocenters. The number of phenolic OH excluding ortho intramolecular Hbond substituents is 2. The maximum absolute atomic E-state index is 9.62. The molecule has 0 spiro atoms. The highest BCUT2D eigenvalue weighted by Crippen LogP contribution is 2.26. The molecule has 22 heavy (non-hydrogen) atoms. The number of benzene rings is 2. The monoisotopic (exact) mass is 410 g/mol. The standard InChI is InChI=1S/C16H15IN2O3/c1-2-22-16-7-11(3-6-15(16)21)9-18-19-10-12-4-5-13(20)8-14(12)17/h3-10,20-21H,2H2,1H3/b18-9+,19-10+. The van der Waals surface area contributed by atoms with Gasteiger partial charge >= 0.3 is 0 Å². The first-order chi connectivity index (χ1) is 10.6. The maximum atomic E-state index is 9.62. The van der Waals surface area contributed by atoms with Gasteiger partial charge in [-0.15, -0.1) is 0 Å². The van der Waals surface area contributed by atoms with E-state index in [4.69, 9.17) is 4.74 Å². The lowest BCUT2D eigenvalue weighted by atomic mass is 10.2. The molecule has 0 heterocycles. The number of nitrogens with zero attached hydrogens (tertiary/aromatic N) is 2. The molecule has 6 heteroatoms. The normalized spacial score (nSPS) is 11.4. The van der Waals surface area contributed by atoms with Gasteiger partial charge in [0.15, 0.2) is 11.5 Å². The molecule has 2 rings (SSSR count). The SMILES string of the molecule is CCOc1cc(/C=N/N=C/c2ccc(O)cc2I)ccc1O. The van der Waals surface area contributed by atoms with Crippen LogP contribution in [0, 0.1) is 3.57 Å². The van der Waals surface area contributed by atoms with Crippen LogP contribution in [-0.2, 0) is 0 Å². The largest absolute Gasteiger partial charge is 0.508 e. The van der Waals surface area contributed by atoms with Gasteiger partial charge in [0.2, 0.25) is 0 Å². The average Bonchev–Trinajstić information content (AvgIpc) is 2.49. The van der Waals surface area contributed by atoms with Gasteiger partial charge in [-0.3, -0.25) is 0 Å². The molecule has 0 aliphatic rings. The highest BCUT2D eigenvalue weighted by molar-refractivity contribution is 14.1. The summed E-state index contributed by atoms with van der Waals surface area (Å²) >= 11 is 2.12. The molecule has 0 fully saturated rings. The molecule has 0 aromatic heterocycles. The zero-order valence-corrected chi connectivity index (χ0v) is 14.1. The van der Waals surface area contributed by atoms with Gasteiger partial charge in [-0.05, 0) is 71.5 Å². The number of hydrogen-bond acceptors (Lipinski definition) is 5. The predicted octanol–water partition coefficient (Wildman–Crippen LogP) is 3.55. The third kappa shape index (κ3) is 4.45. The van der Waals surface area contributed by atoms with Gasteiger partial charge in [0.1, 0.15) is 5.75 Å². The molecule has 0 saturated carbocycles. The van der Waals surface area contributed by atoms with Gasteiger partial charge in [-0.25, -0.2) is 0 Å². The highest BCUT2D eigenvalue weighted by atomic mass is 127. The van der Waals surface area contributed by atoms with Crippen molar-refractivity contribution < 1.29 is 14.9 Å². The number of aromatic hydroxyl groups is 2. The first kappa shape index (κ1) is 16.3. The van der Waals surface area contributed by atoms with E-state index in [1.54, 1.807) is 48.8 Å². The molecular weight excluding hydrogens is 395 g/mol. The summed E-state index contributed by atoms with van der Waals surface area (Å²) in [6.45, 7) is 2.33. The lowest BCUT2D eigenvalue weighted by Gasteiger charge is -2.05. The Morgan fingerprint density at radius 3 is 2.59 bits per heavy atom. The van der Waals surface area contributed by atoms with Gasteiger partial charge in [-0.1, -0.05) is 0 Å². The van der Waals surface area contributed by atoms with Crippen LogP contribution in [0.5, 0.6) is 17.2 Å². The molecule has 2 aromatic rings. The molecule has 0 saturated heterocycles. The second-order valence-corrected chi connectivity index (χ2v) is 5.52. The predicted molar refractivity (Wildman–Crippen MR) is 95.3 cm³/mol. The van der Waals surface area contributed by atoms with Crippen molar-refractivity contribution >= 4 is 35.0 Å². The Bertz CT molecular complexity index is 715. The van der Waals surface area contributed by atoms with Crippen LogP contribution in [0.15, 0.2) is 46.6 Å². The minimum Gasteiger partial charge on any atom is -0.508 e. The Hall–Kier alpha value is -2.09. The van der Waals surface area contributed by atoms with E-state index >= 15 is 0 Å². The Morgan fingerprint density at radius 2 is 1.86 bits per heavy atom. The van der Waals surface area contributed by atoms with Crippen LogP contribution in [0.25, 0.3) is 0 Å². The smallest absolute Gasteiger partial charge is 0.161 e. The van der Waals surface area contributed by atoms with E-state index < -0.39 is 0 Å². The van der Waals surface area contributed by atoms with E-state index in [-0.39, 0.29) is 11.5 Å². The summed E-state index contributed by atoms with van der Waals surface area (Å²) < 4.78 is 6.19. The van der Waals surface area contributed by atoms with Crippen molar-refractivity contribution in [1.82, 2.24) is 0 Å². The van der Waals surface area contributed by atoms with Crippen LogP contribution in [-0.4, -0.2) is 29.2 Å². The lowest BCUT2D eigenvalue weighted by molar-refractivity contribution is 0.318. The lowest BCUT2D eigenvalue weighted by Crippen LogP contribution is -1.93. The van der Waals surface area contributed by atoms with Gasteiger partial charge in [-0.2, -0.15) is 10.2 Å². The first-order valence-electron chi connectivity index (χ1n) is 6.61. The molecule has 0 atom stereocenters. The van der Waals surface area contributed by atoms with Gasteiger partial charge in [0, 0.05) is 9.13 Å². The molecule has 0 radical (unpaired) electrons. The molecule has 114 valence electrons. The van der Waals surface area contributed by atoms with E-state index in [1.807, 2.05) is 6.92 Å². The quantitative estimate of drug-likeness (QED) is 0.450. The Morgan fingerprint density at radius 1 is 1.09 bits per heavy atom. The fraction of sp³-hybridized carbons (Fsp3) is 0.125. The Labute approximate surface area is 142 Å². The van der Waals surface area contributed by atoms with Crippen LogP contribution < -0.4 is 4.74 Å². The number of halogens is 1. The summed E-state index contributed by atoms with van der Waals surface area (Å²) in [6.07, 6.45) is 3.19. The fourth-order valence-electron chi connectivity index (χ4n) is 1.70. The molecule has 2 aromatic carbocycles. The van der Waals surface area contributed by atoms with Crippen LogP contribution >= 0.6 is 22.6 Å². The Kier molecular flexibility index (Phi) is 5.76. The second kappa shape index (κ2) is 7.79. The second-order valence-electron chi connectivity index (χ2n) is 4.36. The third-order valence-electron chi connectivity index (χ3n) is 2.74. The summed E-state index contributed by atoms with van der Waals surface area (Å²) in [7, 11) is 0. The number of rotatable bonds is 5. The van der Waals surface area contributed by atoms with Gasteiger partial charge < -0.3 is 14.9 Å². The fourth-order valence-corrected chi connectivity index (χ4v) is 2.34. The van der Waals surface area contributed by atoms with Crippen molar-refractivity contribution in [2.45, 2.75) is 6.92 Å². The minimum atomic E-state index is 0.0983. The van der Waals surface area contributed by atoms with Crippen molar-refractivity contribution in [3.05, 3.63) is 51.1 Å². The molecule has 0 aliphatic heterocycles. The number of hydrogen-bond donors (Lipinski definition) is 2. The van der Waals surface area contributed by atoms with Crippen molar-refractivity contribution in [1.29, 1.82) is 0 Å². The Balaban J connectivity index is 2.09. The van der Waals surface area contributed by atoms with Gasteiger partial charge in [0.25, 0.3) is 0 Å². The van der Waals surface area contributed by atoms with E-state index in [0.29, 0.717) is 12.4 Å². The third-order valence-corrected chi connectivity index (χ3v) is 3.67. The minimum absolute atomic E-state index is 0.0983. The topological polar surface area (TPSA) is 74.4 Å². The van der Waals surface area contributed by atoms with E-state index in [2.05, 4.69) is 32.8 Å². The van der Waals surface area contributed by atoms with Crippen LogP contribution in [0.2, 0.25) is 0 Å². The van der Waals surface area contributed by atoms with Crippen molar-refractivity contribution in [2.24, 2.45) is 10.2 Å². The molecule has 0 aliphatic carbocycles. The number of ether oxygens (including phenoxy) is 1. The summed E-state index contributed by atoms with van der Waals surface area (Å²) in [6, 6.07) is 9.99. The summed E-state index contributed by atoms with van der Waals surface area (Å²) in [4.78, 5) is 0. The first-order valence-corrected chi connectivity index (χ1v) is 7.68. The molecule has 0 amide bonds.